The SMILES string of the molecule is COCCCn1c(NC(=O)c2cccc(N)c2)nc2cc(C(=O)NCCc3ccc(OC)cc3)cnc21. The van der Waals surface area contributed by atoms with Crippen LogP contribution in [-0.4, -0.2) is 53.7 Å². The molecular weight excluding hydrogens is 472 g/mol. The van der Waals surface area contributed by atoms with Gasteiger partial charge in [0.1, 0.15) is 11.3 Å². The molecule has 0 saturated heterocycles. The van der Waals surface area contributed by atoms with Crippen LogP contribution in [0, 0.1) is 0 Å². The number of nitrogens with two attached hydrogens (primary N) is 1. The van der Waals surface area contributed by atoms with Gasteiger partial charge in [-0.15, -0.1) is 0 Å². The molecule has 0 atom stereocenters. The summed E-state index contributed by atoms with van der Waals surface area (Å²) in [5, 5.41) is 5.77. The standard InChI is InChI=1S/C27H30N6O4/c1-36-14-4-13-33-24-23(31-27(33)32-26(35)19-5-3-6-21(28)15-19)16-20(17-30-24)25(34)29-12-11-18-7-9-22(37-2)10-8-18/h3,5-10,15-17H,4,11-14,28H2,1-2H3,(H,29,34)(H,31,32,35). The lowest BCUT2D eigenvalue weighted by atomic mass is 10.1. The molecule has 0 fully saturated rings. The Morgan fingerprint density at radius 2 is 1.84 bits per heavy atom. The molecule has 2 aromatic heterocycles. The molecular formula is C27H30N6O4. The molecule has 0 aliphatic carbocycles. The van der Waals surface area contributed by atoms with Gasteiger partial charge in [-0.25, -0.2) is 9.97 Å². The summed E-state index contributed by atoms with van der Waals surface area (Å²) in [4.78, 5) is 34.7. The number of anilines is 2. The summed E-state index contributed by atoms with van der Waals surface area (Å²) in [7, 11) is 3.26. The highest BCUT2D eigenvalue weighted by Gasteiger charge is 2.17. The maximum atomic E-state index is 12.8. The van der Waals surface area contributed by atoms with Gasteiger partial charge < -0.3 is 20.5 Å². The number of carbonyl (C=O) groups is 2. The van der Waals surface area contributed by atoms with Crippen molar-refractivity contribution >= 4 is 34.6 Å². The van der Waals surface area contributed by atoms with Crippen LogP contribution in [0.3, 0.4) is 0 Å². The summed E-state index contributed by atoms with van der Waals surface area (Å²) in [5.41, 5.74) is 9.27. The van der Waals surface area contributed by atoms with Gasteiger partial charge in [0.2, 0.25) is 5.95 Å². The molecule has 2 aromatic carbocycles. The molecule has 0 aliphatic rings. The van der Waals surface area contributed by atoms with Gasteiger partial charge in [-0.1, -0.05) is 18.2 Å². The summed E-state index contributed by atoms with van der Waals surface area (Å²) < 4.78 is 12.2. The number of carbonyl (C=O) groups excluding carboxylic acids is 2. The molecule has 4 aromatic rings. The van der Waals surface area contributed by atoms with E-state index in [1.54, 1.807) is 44.6 Å². The van der Waals surface area contributed by atoms with Gasteiger partial charge in [-0.3, -0.25) is 19.5 Å². The number of fused-ring (bicyclic) bond motifs is 1. The average molecular weight is 503 g/mol. The molecule has 0 aliphatic heterocycles. The predicted molar refractivity (Wildman–Crippen MR) is 142 cm³/mol. The van der Waals surface area contributed by atoms with Gasteiger partial charge in [0.25, 0.3) is 11.8 Å². The first kappa shape index (κ1) is 25.6. The maximum absolute atomic E-state index is 12.8. The molecule has 2 heterocycles. The van der Waals surface area contributed by atoms with Crippen LogP contribution in [0.2, 0.25) is 0 Å². The highest BCUT2D eigenvalue weighted by molar-refractivity contribution is 6.04. The van der Waals surface area contributed by atoms with Crippen molar-refractivity contribution < 1.29 is 19.1 Å². The molecule has 0 spiro atoms. The Hall–Kier alpha value is -4.44. The van der Waals surface area contributed by atoms with Crippen LogP contribution in [0.4, 0.5) is 11.6 Å². The van der Waals surface area contributed by atoms with Crippen molar-refractivity contribution in [3.63, 3.8) is 0 Å². The van der Waals surface area contributed by atoms with E-state index in [1.807, 2.05) is 28.8 Å². The minimum Gasteiger partial charge on any atom is -0.497 e. The second-order valence-electron chi connectivity index (χ2n) is 8.43. The first-order valence-corrected chi connectivity index (χ1v) is 11.9. The summed E-state index contributed by atoms with van der Waals surface area (Å²) >= 11 is 0. The largest absolute Gasteiger partial charge is 0.497 e. The molecule has 37 heavy (non-hydrogen) atoms. The highest BCUT2D eigenvalue weighted by atomic mass is 16.5. The third-order valence-corrected chi connectivity index (χ3v) is 5.81. The number of nitrogens with one attached hydrogen (secondary N) is 2. The molecule has 10 heteroatoms. The van der Waals surface area contributed by atoms with Crippen LogP contribution >= 0.6 is 0 Å². The van der Waals surface area contributed by atoms with Gasteiger partial charge in [0, 0.05) is 44.3 Å². The van der Waals surface area contributed by atoms with Crippen molar-refractivity contribution in [1.29, 1.82) is 0 Å². The van der Waals surface area contributed by atoms with E-state index in [0.29, 0.717) is 66.5 Å². The molecule has 10 nitrogen and oxygen atoms in total. The fourth-order valence-electron chi connectivity index (χ4n) is 3.88. The van der Waals surface area contributed by atoms with E-state index in [4.69, 9.17) is 15.2 Å². The van der Waals surface area contributed by atoms with Crippen molar-refractivity contribution in [2.75, 3.05) is 38.4 Å². The third-order valence-electron chi connectivity index (χ3n) is 5.81. The Bertz CT molecular complexity index is 1380. The summed E-state index contributed by atoms with van der Waals surface area (Å²) in [6, 6.07) is 16.1. The lowest BCUT2D eigenvalue weighted by Crippen LogP contribution is -2.25. The Balaban J connectivity index is 1.50. The number of hydrogen-bond donors (Lipinski definition) is 3. The molecule has 4 rings (SSSR count). The van der Waals surface area contributed by atoms with Gasteiger partial charge >= 0.3 is 0 Å². The Morgan fingerprint density at radius 1 is 1.03 bits per heavy atom. The maximum Gasteiger partial charge on any atom is 0.258 e. The number of benzene rings is 2. The van der Waals surface area contributed by atoms with Gasteiger partial charge in [0.05, 0.1) is 12.7 Å². The van der Waals surface area contributed by atoms with Crippen molar-refractivity contribution in [3.8, 4) is 5.75 Å². The van der Waals surface area contributed by atoms with Crippen LogP contribution in [0.5, 0.6) is 5.75 Å². The van der Waals surface area contributed by atoms with E-state index in [0.717, 1.165) is 11.3 Å². The van der Waals surface area contributed by atoms with Crippen molar-refractivity contribution in [1.82, 2.24) is 19.9 Å². The van der Waals surface area contributed by atoms with Crippen molar-refractivity contribution in [3.05, 3.63) is 77.5 Å². The van der Waals surface area contributed by atoms with E-state index < -0.39 is 0 Å². The van der Waals surface area contributed by atoms with Crippen LogP contribution in [0.25, 0.3) is 11.2 Å². The number of ether oxygens (including phenoxy) is 2. The van der Waals surface area contributed by atoms with Crippen molar-refractivity contribution in [2.24, 2.45) is 0 Å². The normalized spacial score (nSPS) is 10.9. The van der Waals surface area contributed by atoms with E-state index in [9.17, 15) is 9.59 Å². The Morgan fingerprint density at radius 3 is 2.57 bits per heavy atom. The Kier molecular flexibility index (Phi) is 8.32. The number of pyridine rings is 1. The summed E-state index contributed by atoms with van der Waals surface area (Å²) in [6.07, 6.45) is 2.89. The number of hydrogen-bond acceptors (Lipinski definition) is 7. The molecule has 0 bridgehead atoms. The molecule has 0 radical (unpaired) electrons. The molecule has 0 saturated carbocycles. The first-order valence-electron chi connectivity index (χ1n) is 11.9. The molecule has 0 unspecified atom stereocenters. The highest BCUT2D eigenvalue weighted by Crippen LogP contribution is 2.21. The zero-order valence-electron chi connectivity index (χ0n) is 20.9. The van der Waals surface area contributed by atoms with E-state index in [-0.39, 0.29) is 11.8 Å². The average Bonchev–Trinajstić information content (AvgIpc) is 3.25. The minimum atomic E-state index is -0.341. The van der Waals surface area contributed by atoms with Crippen LogP contribution < -0.4 is 21.1 Å². The lowest BCUT2D eigenvalue weighted by Gasteiger charge is -2.10. The molecule has 2 amide bonds. The predicted octanol–water partition coefficient (Wildman–Crippen LogP) is 3.28. The second-order valence-corrected chi connectivity index (χ2v) is 8.43. The van der Waals surface area contributed by atoms with Crippen LogP contribution in [0.15, 0.2) is 60.8 Å². The van der Waals surface area contributed by atoms with Crippen LogP contribution in [-0.2, 0) is 17.7 Å². The van der Waals surface area contributed by atoms with Crippen molar-refractivity contribution in [2.45, 2.75) is 19.4 Å². The molecule has 192 valence electrons. The van der Waals surface area contributed by atoms with E-state index in [1.165, 1.54) is 6.20 Å². The zero-order valence-corrected chi connectivity index (χ0v) is 20.9. The Labute approximate surface area is 214 Å². The molecule has 4 N–H and O–H groups in total. The number of aryl methyl sites for hydroxylation is 1. The monoisotopic (exact) mass is 502 g/mol. The van der Waals surface area contributed by atoms with Gasteiger partial charge in [0.15, 0.2) is 5.65 Å². The second kappa shape index (κ2) is 12.0. The smallest absolute Gasteiger partial charge is 0.258 e. The number of methoxy groups -OCH3 is 2. The van der Waals surface area contributed by atoms with E-state index in [2.05, 4.69) is 20.6 Å². The number of amides is 2. The fraction of sp³-hybridized carbons (Fsp3) is 0.259. The minimum absolute atomic E-state index is 0.248. The lowest BCUT2D eigenvalue weighted by molar-refractivity contribution is 0.0953. The van der Waals surface area contributed by atoms with Gasteiger partial charge in [-0.2, -0.15) is 0 Å². The van der Waals surface area contributed by atoms with E-state index >= 15 is 0 Å². The number of rotatable bonds is 11. The van der Waals surface area contributed by atoms with Gasteiger partial charge in [-0.05, 0) is 54.8 Å². The fourth-order valence-corrected chi connectivity index (χ4v) is 3.88. The zero-order chi connectivity index (χ0) is 26.2. The number of nitrogen functional groups attached to an aromatic ring is 1. The first-order chi connectivity index (χ1) is 18.0. The summed E-state index contributed by atoms with van der Waals surface area (Å²) in [6.45, 7) is 1.53. The number of aromatic nitrogens is 3. The summed E-state index contributed by atoms with van der Waals surface area (Å²) in [5.74, 6) is 0.537. The number of imidazole rings is 1. The van der Waals surface area contributed by atoms with Crippen LogP contribution in [0.1, 0.15) is 32.7 Å². The number of nitrogens with zero attached hydrogens (tertiary/aromatic N) is 3. The quantitative estimate of drug-likeness (QED) is 0.212. The third kappa shape index (κ3) is 6.42. The topological polar surface area (TPSA) is 133 Å².